The van der Waals surface area contributed by atoms with Gasteiger partial charge in [0.2, 0.25) is 0 Å². The fraction of sp³-hybridized carbons (Fsp3) is 0.444. The molecule has 108 valence electrons. The standard InChI is InChI=1S/C18H24S2/c1-13(2)11-19-17-9-10-18(20-12-14(3)4)16-8-6-5-7-15(16)17/h5-10,13-14H,11-12H2,1-4H3. The van der Waals surface area contributed by atoms with Crippen LogP contribution in [0, 0.1) is 11.8 Å². The Kier molecular flexibility index (Phi) is 5.86. The van der Waals surface area contributed by atoms with Crippen LogP contribution in [0.4, 0.5) is 0 Å². The summed E-state index contributed by atoms with van der Waals surface area (Å²) in [5, 5.41) is 2.82. The topological polar surface area (TPSA) is 0 Å². The van der Waals surface area contributed by atoms with Gasteiger partial charge in [-0.2, -0.15) is 0 Å². The van der Waals surface area contributed by atoms with E-state index in [0.29, 0.717) is 0 Å². The van der Waals surface area contributed by atoms with Gasteiger partial charge in [0, 0.05) is 21.3 Å². The predicted molar refractivity (Wildman–Crippen MR) is 95.1 cm³/mol. The van der Waals surface area contributed by atoms with Gasteiger partial charge < -0.3 is 0 Å². The fourth-order valence-corrected chi connectivity index (χ4v) is 4.03. The fourth-order valence-electron chi connectivity index (χ4n) is 2.01. The first-order valence-electron chi connectivity index (χ1n) is 7.35. The zero-order valence-corrected chi connectivity index (χ0v) is 14.5. The van der Waals surface area contributed by atoms with Crippen LogP contribution in [0.2, 0.25) is 0 Å². The summed E-state index contributed by atoms with van der Waals surface area (Å²) >= 11 is 3.96. The Morgan fingerprint density at radius 3 is 1.45 bits per heavy atom. The number of fused-ring (bicyclic) bond motifs is 1. The van der Waals surface area contributed by atoms with Crippen molar-refractivity contribution in [3.8, 4) is 0 Å². The summed E-state index contributed by atoms with van der Waals surface area (Å²) in [6, 6.07) is 13.4. The first-order chi connectivity index (χ1) is 9.58. The van der Waals surface area contributed by atoms with E-state index in [9.17, 15) is 0 Å². The normalized spacial score (nSPS) is 11.7. The molecule has 0 saturated heterocycles. The van der Waals surface area contributed by atoms with Crippen LogP contribution in [0.1, 0.15) is 27.7 Å². The molecule has 0 atom stereocenters. The summed E-state index contributed by atoms with van der Waals surface area (Å²) in [6.07, 6.45) is 0. The van der Waals surface area contributed by atoms with Gasteiger partial charge in [0.15, 0.2) is 0 Å². The lowest BCUT2D eigenvalue weighted by molar-refractivity contribution is 0.750. The van der Waals surface area contributed by atoms with Crippen LogP contribution in [0.5, 0.6) is 0 Å². The number of rotatable bonds is 6. The quantitative estimate of drug-likeness (QED) is 0.571. The Balaban J connectivity index is 2.31. The highest BCUT2D eigenvalue weighted by atomic mass is 32.2. The molecule has 0 spiro atoms. The molecule has 2 aromatic rings. The van der Waals surface area contributed by atoms with Crippen LogP contribution < -0.4 is 0 Å². The lowest BCUT2D eigenvalue weighted by atomic mass is 10.1. The molecule has 0 aliphatic rings. The molecule has 0 aromatic heterocycles. The van der Waals surface area contributed by atoms with Gasteiger partial charge in [-0.1, -0.05) is 52.0 Å². The second-order valence-corrected chi connectivity index (χ2v) is 8.14. The minimum atomic E-state index is 0.730. The summed E-state index contributed by atoms with van der Waals surface area (Å²) in [5.74, 6) is 3.83. The first kappa shape index (κ1) is 15.8. The van der Waals surface area contributed by atoms with Crippen molar-refractivity contribution in [1.82, 2.24) is 0 Å². The number of hydrogen-bond acceptors (Lipinski definition) is 2. The average molecular weight is 305 g/mol. The van der Waals surface area contributed by atoms with Crippen molar-refractivity contribution in [3.63, 3.8) is 0 Å². The van der Waals surface area contributed by atoms with E-state index in [1.807, 2.05) is 23.5 Å². The predicted octanol–water partition coefficient (Wildman–Crippen LogP) is 6.34. The van der Waals surface area contributed by atoms with Crippen molar-refractivity contribution in [3.05, 3.63) is 36.4 Å². The molecule has 0 saturated carbocycles. The molecule has 0 unspecified atom stereocenters. The number of hydrogen-bond donors (Lipinski definition) is 0. The third-order valence-electron chi connectivity index (χ3n) is 2.99. The Labute approximate surface area is 131 Å². The Hall–Kier alpha value is -0.600. The van der Waals surface area contributed by atoms with E-state index in [4.69, 9.17) is 0 Å². The van der Waals surface area contributed by atoms with Crippen molar-refractivity contribution in [2.75, 3.05) is 11.5 Å². The van der Waals surface area contributed by atoms with Crippen LogP contribution in [-0.4, -0.2) is 11.5 Å². The third-order valence-corrected chi connectivity index (χ3v) is 5.99. The Morgan fingerprint density at radius 1 is 0.700 bits per heavy atom. The molecule has 0 amide bonds. The minimum absolute atomic E-state index is 0.730. The van der Waals surface area contributed by atoms with Crippen LogP contribution in [0.25, 0.3) is 10.8 Å². The Bertz CT molecular complexity index is 508. The average Bonchev–Trinajstić information content (AvgIpc) is 2.43. The molecule has 0 aliphatic heterocycles. The summed E-state index contributed by atoms with van der Waals surface area (Å²) in [5.41, 5.74) is 0. The maximum absolute atomic E-state index is 2.30. The van der Waals surface area contributed by atoms with Crippen molar-refractivity contribution in [2.24, 2.45) is 11.8 Å². The maximum Gasteiger partial charge on any atom is 0.0151 e. The minimum Gasteiger partial charge on any atom is -0.125 e. The van der Waals surface area contributed by atoms with Crippen LogP contribution >= 0.6 is 23.5 Å². The van der Waals surface area contributed by atoms with E-state index in [2.05, 4.69) is 64.1 Å². The monoisotopic (exact) mass is 304 g/mol. The zero-order valence-electron chi connectivity index (χ0n) is 12.8. The van der Waals surface area contributed by atoms with Crippen LogP contribution in [0.15, 0.2) is 46.2 Å². The maximum atomic E-state index is 2.30. The second kappa shape index (κ2) is 7.42. The molecule has 0 fully saturated rings. The van der Waals surface area contributed by atoms with E-state index < -0.39 is 0 Å². The van der Waals surface area contributed by atoms with Crippen molar-refractivity contribution < 1.29 is 0 Å². The van der Waals surface area contributed by atoms with E-state index in [1.54, 1.807) is 0 Å². The summed E-state index contributed by atoms with van der Waals surface area (Å²) < 4.78 is 0. The van der Waals surface area contributed by atoms with E-state index >= 15 is 0 Å². The highest BCUT2D eigenvalue weighted by molar-refractivity contribution is 8.00. The van der Waals surface area contributed by atoms with Gasteiger partial charge in [-0.3, -0.25) is 0 Å². The van der Waals surface area contributed by atoms with Crippen molar-refractivity contribution >= 4 is 34.3 Å². The van der Waals surface area contributed by atoms with Crippen molar-refractivity contribution in [1.29, 1.82) is 0 Å². The summed E-state index contributed by atoms with van der Waals surface area (Å²) in [4.78, 5) is 2.84. The number of thioether (sulfide) groups is 2. The zero-order chi connectivity index (χ0) is 14.5. The highest BCUT2D eigenvalue weighted by Gasteiger charge is 2.08. The SMILES string of the molecule is CC(C)CSc1ccc(SCC(C)C)c2ccccc12. The molecular formula is C18H24S2. The third kappa shape index (κ3) is 4.20. The van der Waals surface area contributed by atoms with E-state index in [1.165, 1.54) is 32.1 Å². The lowest BCUT2D eigenvalue weighted by Gasteiger charge is -2.12. The van der Waals surface area contributed by atoms with Gasteiger partial charge in [0.1, 0.15) is 0 Å². The van der Waals surface area contributed by atoms with Gasteiger partial charge >= 0.3 is 0 Å². The molecule has 0 N–H and O–H groups in total. The molecule has 0 heterocycles. The van der Waals surface area contributed by atoms with Gasteiger partial charge in [-0.15, -0.1) is 23.5 Å². The second-order valence-electron chi connectivity index (χ2n) is 6.02. The summed E-state index contributed by atoms with van der Waals surface area (Å²) in [6.45, 7) is 9.12. The molecule has 0 bridgehead atoms. The van der Waals surface area contributed by atoms with Gasteiger partial charge in [-0.25, -0.2) is 0 Å². The molecule has 20 heavy (non-hydrogen) atoms. The largest absolute Gasteiger partial charge is 0.125 e. The van der Waals surface area contributed by atoms with Gasteiger partial charge in [0.25, 0.3) is 0 Å². The van der Waals surface area contributed by atoms with Crippen LogP contribution in [0.3, 0.4) is 0 Å². The first-order valence-corrected chi connectivity index (χ1v) is 9.32. The molecular weight excluding hydrogens is 280 g/mol. The molecule has 0 aliphatic carbocycles. The highest BCUT2D eigenvalue weighted by Crippen LogP contribution is 2.35. The van der Waals surface area contributed by atoms with Crippen molar-refractivity contribution in [2.45, 2.75) is 37.5 Å². The van der Waals surface area contributed by atoms with Gasteiger partial charge in [0.05, 0.1) is 0 Å². The smallest absolute Gasteiger partial charge is 0.0151 e. The van der Waals surface area contributed by atoms with Gasteiger partial charge in [-0.05, 0) is 34.7 Å². The Morgan fingerprint density at radius 2 is 1.10 bits per heavy atom. The molecule has 2 aromatic carbocycles. The van der Waals surface area contributed by atoms with E-state index in [-0.39, 0.29) is 0 Å². The van der Waals surface area contributed by atoms with Crippen LogP contribution in [-0.2, 0) is 0 Å². The molecule has 0 radical (unpaired) electrons. The molecule has 0 nitrogen and oxygen atoms in total. The molecule has 2 heteroatoms. The van der Waals surface area contributed by atoms with E-state index in [0.717, 1.165) is 11.8 Å². The summed E-state index contributed by atoms with van der Waals surface area (Å²) in [7, 11) is 0. The lowest BCUT2D eigenvalue weighted by Crippen LogP contribution is -1.92. The molecule has 2 rings (SSSR count). The number of benzene rings is 2.